The average molecular weight is 334 g/mol. The zero-order valence-corrected chi connectivity index (χ0v) is 12.7. The molecule has 2 nitrogen and oxygen atoms in total. The van der Waals surface area contributed by atoms with E-state index < -0.39 is 11.6 Å². The third-order valence-electron chi connectivity index (χ3n) is 3.23. The number of amides is 1. The molecule has 1 aromatic carbocycles. The summed E-state index contributed by atoms with van der Waals surface area (Å²) in [5, 5.41) is 3.69. The maximum atomic E-state index is 13.4. The molecule has 1 N–H and O–H groups in total. The second-order valence-electron chi connectivity index (χ2n) is 4.81. The van der Waals surface area contributed by atoms with Crippen molar-refractivity contribution in [3.8, 4) is 0 Å². The number of benzene rings is 1. The average Bonchev–Trinajstić information content (AvgIpc) is 2.33. The Hall–Kier alpha value is -0.970. The summed E-state index contributed by atoms with van der Waals surface area (Å²) in [5.41, 5.74) is -0.104. The SMILES string of the molecule is CCC(C)(CCBr)NC(=O)Cc1ccc(F)cc1F. The fourth-order valence-electron chi connectivity index (χ4n) is 1.76. The smallest absolute Gasteiger partial charge is 0.224 e. The molecule has 1 rings (SSSR count). The molecule has 0 heterocycles. The molecule has 106 valence electrons. The first-order chi connectivity index (χ1) is 8.90. The van der Waals surface area contributed by atoms with Gasteiger partial charge in [0, 0.05) is 16.9 Å². The Balaban J connectivity index is 2.69. The summed E-state index contributed by atoms with van der Waals surface area (Å²) in [5.74, 6) is -1.58. The second-order valence-corrected chi connectivity index (χ2v) is 5.61. The summed E-state index contributed by atoms with van der Waals surface area (Å²) in [4.78, 5) is 11.9. The molecule has 0 bridgehead atoms. The van der Waals surface area contributed by atoms with Crippen LogP contribution >= 0.6 is 15.9 Å². The van der Waals surface area contributed by atoms with Gasteiger partial charge in [0.15, 0.2) is 0 Å². The van der Waals surface area contributed by atoms with Gasteiger partial charge in [-0.25, -0.2) is 8.78 Å². The highest BCUT2D eigenvalue weighted by atomic mass is 79.9. The Bertz CT molecular complexity index is 453. The van der Waals surface area contributed by atoms with E-state index >= 15 is 0 Å². The molecule has 0 aliphatic heterocycles. The zero-order chi connectivity index (χ0) is 14.5. The minimum Gasteiger partial charge on any atom is -0.351 e. The summed E-state index contributed by atoms with van der Waals surface area (Å²) in [6.45, 7) is 3.94. The molecule has 0 fully saturated rings. The predicted octanol–water partition coefficient (Wildman–Crippen LogP) is 3.58. The van der Waals surface area contributed by atoms with Crippen LogP contribution in [-0.2, 0) is 11.2 Å². The Labute approximate surface area is 120 Å². The molecular formula is C14H18BrF2NO. The van der Waals surface area contributed by atoms with Gasteiger partial charge in [-0.3, -0.25) is 4.79 Å². The van der Waals surface area contributed by atoms with Crippen molar-refractivity contribution in [3.05, 3.63) is 35.4 Å². The third kappa shape index (κ3) is 4.90. The topological polar surface area (TPSA) is 29.1 Å². The van der Waals surface area contributed by atoms with Crippen molar-refractivity contribution in [1.29, 1.82) is 0 Å². The first kappa shape index (κ1) is 16.1. The van der Waals surface area contributed by atoms with Gasteiger partial charge in [0.25, 0.3) is 0 Å². The molecule has 5 heteroatoms. The van der Waals surface area contributed by atoms with Crippen molar-refractivity contribution >= 4 is 21.8 Å². The summed E-state index contributed by atoms with van der Waals surface area (Å²) in [6, 6.07) is 3.25. The van der Waals surface area contributed by atoms with Gasteiger partial charge in [0.1, 0.15) is 11.6 Å². The summed E-state index contributed by atoms with van der Waals surface area (Å²) in [6.07, 6.45) is 1.50. The molecule has 0 aliphatic carbocycles. The molecule has 1 amide bonds. The standard InChI is InChI=1S/C14H18BrF2NO/c1-3-14(2,6-7-15)18-13(19)8-10-4-5-11(16)9-12(10)17/h4-5,9H,3,6-8H2,1-2H3,(H,18,19). The lowest BCUT2D eigenvalue weighted by atomic mass is 9.95. The van der Waals surface area contributed by atoms with Crippen LogP contribution in [0.2, 0.25) is 0 Å². The summed E-state index contributed by atoms with van der Waals surface area (Å²) in [7, 11) is 0. The summed E-state index contributed by atoms with van der Waals surface area (Å²) < 4.78 is 26.2. The minimum atomic E-state index is -0.686. The number of hydrogen-bond donors (Lipinski definition) is 1. The Kier molecular flexibility index (Phi) is 5.91. The molecule has 1 unspecified atom stereocenters. The highest BCUT2D eigenvalue weighted by Crippen LogP contribution is 2.17. The lowest BCUT2D eigenvalue weighted by Gasteiger charge is -2.29. The maximum absolute atomic E-state index is 13.4. The molecule has 0 radical (unpaired) electrons. The fraction of sp³-hybridized carbons (Fsp3) is 0.500. The number of carbonyl (C=O) groups is 1. The van der Waals surface area contributed by atoms with E-state index in [0.29, 0.717) is 0 Å². The number of nitrogens with one attached hydrogen (secondary N) is 1. The van der Waals surface area contributed by atoms with Crippen molar-refractivity contribution in [3.63, 3.8) is 0 Å². The van der Waals surface area contributed by atoms with Crippen LogP contribution in [0.25, 0.3) is 0 Å². The van der Waals surface area contributed by atoms with Crippen molar-refractivity contribution < 1.29 is 13.6 Å². The molecule has 0 saturated carbocycles. The van der Waals surface area contributed by atoms with Gasteiger partial charge in [0.05, 0.1) is 6.42 Å². The number of rotatable bonds is 6. The largest absolute Gasteiger partial charge is 0.351 e. The lowest BCUT2D eigenvalue weighted by Crippen LogP contribution is -2.46. The molecule has 0 saturated heterocycles. The van der Waals surface area contributed by atoms with E-state index in [-0.39, 0.29) is 23.4 Å². The van der Waals surface area contributed by atoms with Gasteiger partial charge in [-0.15, -0.1) is 0 Å². The van der Waals surface area contributed by atoms with E-state index in [1.54, 1.807) is 0 Å². The highest BCUT2D eigenvalue weighted by molar-refractivity contribution is 9.09. The van der Waals surface area contributed by atoms with E-state index in [0.717, 1.165) is 30.3 Å². The molecule has 0 spiro atoms. The minimum absolute atomic E-state index is 0.0794. The van der Waals surface area contributed by atoms with Crippen LogP contribution in [0, 0.1) is 11.6 Å². The molecule has 1 atom stereocenters. The van der Waals surface area contributed by atoms with Crippen molar-refractivity contribution in [2.75, 3.05) is 5.33 Å². The van der Waals surface area contributed by atoms with E-state index in [2.05, 4.69) is 21.2 Å². The Morgan fingerprint density at radius 3 is 2.63 bits per heavy atom. The number of carbonyl (C=O) groups excluding carboxylic acids is 1. The number of alkyl halides is 1. The molecule has 1 aromatic rings. The fourth-order valence-corrected chi connectivity index (χ4v) is 2.63. The third-order valence-corrected chi connectivity index (χ3v) is 3.63. The van der Waals surface area contributed by atoms with Crippen LogP contribution in [0.5, 0.6) is 0 Å². The predicted molar refractivity (Wildman–Crippen MR) is 75.3 cm³/mol. The lowest BCUT2D eigenvalue weighted by molar-refractivity contribution is -0.122. The van der Waals surface area contributed by atoms with Crippen LogP contribution < -0.4 is 5.32 Å². The van der Waals surface area contributed by atoms with Gasteiger partial charge < -0.3 is 5.32 Å². The van der Waals surface area contributed by atoms with Gasteiger partial charge in [-0.05, 0) is 31.4 Å². The van der Waals surface area contributed by atoms with E-state index in [1.165, 1.54) is 6.07 Å². The van der Waals surface area contributed by atoms with Crippen LogP contribution in [0.3, 0.4) is 0 Å². The molecule has 0 aliphatic rings. The van der Waals surface area contributed by atoms with Crippen LogP contribution in [0.15, 0.2) is 18.2 Å². The Morgan fingerprint density at radius 1 is 1.42 bits per heavy atom. The number of hydrogen-bond acceptors (Lipinski definition) is 1. The van der Waals surface area contributed by atoms with Crippen LogP contribution in [0.4, 0.5) is 8.78 Å². The normalized spacial score (nSPS) is 13.9. The quantitative estimate of drug-likeness (QED) is 0.792. The zero-order valence-electron chi connectivity index (χ0n) is 11.1. The molecule has 0 aromatic heterocycles. The van der Waals surface area contributed by atoms with Gasteiger partial charge >= 0.3 is 0 Å². The van der Waals surface area contributed by atoms with E-state index in [1.807, 2.05) is 13.8 Å². The first-order valence-electron chi connectivity index (χ1n) is 6.21. The van der Waals surface area contributed by atoms with Gasteiger partial charge in [0.2, 0.25) is 5.91 Å². The molecular weight excluding hydrogens is 316 g/mol. The van der Waals surface area contributed by atoms with Crippen molar-refractivity contribution in [1.82, 2.24) is 5.32 Å². The number of halogens is 3. The monoisotopic (exact) mass is 333 g/mol. The second kappa shape index (κ2) is 6.98. The van der Waals surface area contributed by atoms with Gasteiger partial charge in [-0.2, -0.15) is 0 Å². The van der Waals surface area contributed by atoms with Gasteiger partial charge in [-0.1, -0.05) is 28.9 Å². The van der Waals surface area contributed by atoms with E-state index in [9.17, 15) is 13.6 Å². The van der Waals surface area contributed by atoms with Crippen LogP contribution in [0.1, 0.15) is 32.3 Å². The van der Waals surface area contributed by atoms with Crippen molar-refractivity contribution in [2.45, 2.75) is 38.6 Å². The van der Waals surface area contributed by atoms with E-state index in [4.69, 9.17) is 0 Å². The van der Waals surface area contributed by atoms with Crippen LogP contribution in [-0.4, -0.2) is 16.8 Å². The molecule has 19 heavy (non-hydrogen) atoms. The highest BCUT2D eigenvalue weighted by Gasteiger charge is 2.23. The Morgan fingerprint density at radius 2 is 2.11 bits per heavy atom. The summed E-state index contributed by atoms with van der Waals surface area (Å²) >= 11 is 3.35. The first-order valence-corrected chi connectivity index (χ1v) is 7.33. The van der Waals surface area contributed by atoms with Crippen molar-refractivity contribution in [2.24, 2.45) is 0 Å². The maximum Gasteiger partial charge on any atom is 0.224 e.